The minimum absolute atomic E-state index is 0.0463. The number of fused-ring (bicyclic) bond motifs is 2. The SMILES string of the molecule is Cc1c(C(=O)Oc2ccc3c(c2)OC(N)=C(C#N)C3c2cccs2)oc2ccccc12. The molecule has 5 rings (SSSR count). The number of nitriles is 1. The number of carbonyl (C=O) groups excluding carboxylic acids is 1. The van der Waals surface area contributed by atoms with Crippen molar-refractivity contribution < 1.29 is 18.7 Å². The number of nitrogens with two attached hydrogens (primary N) is 1. The summed E-state index contributed by atoms with van der Waals surface area (Å²) in [6.07, 6.45) is 0. The summed E-state index contributed by atoms with van der Waals surface area (Å²) in [5.74, 6) is 0.0207. The van der Waals surface area contributed by atoms with Gasteiger partial charge in [-0.2, -0.15) is 5.26 Å². The molecule has 0 bridgehead atoms. The minimum Gasteiger partial charge on any atom is -0.449 e. The third-order valence-electron chi connectivity index (χ3n) is 5.26. The predicted octanol–water partition coefficient (Wildman–Crippen LogP) is 5.24. The first-order valence-corrected chi connectivity index (χ1v) is 10.4. The largest absolute Gasteiger partial charge is 0.449 e. The van der Waals surface area contributed by atoms with E-state index in [2.05, 4.69) is 6.07 Å². The van der Waals surface area contributed by atoms with Crippen molar-refractivity contribution in [3.8, 4) is 17.6 Å². The lowest BCUT2D eigenvalue weighted by Crippen LogP contribution is -2.20. The van der Waals surface area contributed by atoms with E-state index in [1.807, 2.05) is 42.6 Å². The summed E-state index contributed by atoms with van der Waals surface area (Å²) in [5.41, 5.74) is 8.51. The molecule has 7 heteroatoms. The Balaban J connectivity index is 1.49. The molecule has 152 valence electrons. The Labute approximate surface area is 181 Å². The molecule has 31 heavy (non-hydrogen) atoms. The van der Waals surface area contributed by atoms with Crippen molar-refractivity contribution in [1.82, 2.24) is 0 Å². The van der Waals surface area contributed by atoms with Gasteiger partial charge < -0.3 is 19.6 Å². The van der Waals surface area contributed by atoms with Gasteiger partial charge in [0, 0.05) is 27.5 Å². The third kappa shape index (κ3) is 3.14. The van der Waals surface area contributed by atoms with Crippen LogP contribution in [0, 0.1) is 18.3 Å². The Morgan fingerprint density at radius 3 is 2.77 bits per heavy atom. The molecule has 1 atom stereocenters. The molecule has 0 aliphatic carbocycles. The lowest BCUT2D eigenvalue weighted by Gasteiger charge is -2.25. The van der Waals surface area contributed by atoms with Crippen molar-refractivity contribution in [3.63, 3.8) is 0 Å². The zero-order chi connectivity index (χ0) is 21.5. The number of aryl methyl sites for hydroxylation is 1. The highest BCUT2D eigenvalue weighted by Crippen LogP contribution is 2.44. The molecule has 2 N–H and O–H groups in total. The Morgan fingerprint density at radius 2 is 2.03 bits per heavy atom. The van der Waals surface area contributed by atoms with Crippen LogP contribution in [-0.4, -0.2) is 5.97 Å². The average Bonchev–Trinajstić information content (AvgIpc) is 3.41. The first-order valence-electron chi connectivity index (χ1n) is 9.52. The van der Waals surface area contributed by atoms with E-state index < -0.39 is 5.97 Å². The molecule has 3 heterocycles. The second-order valence-electron chi connectivity index (χ2n) is 7.08. The van der Waals surface area contributed by atoms with Crippen LogP contribution in [0.3, 0.4) is 0 Å². The second-order valence-corrected chi connectivity index (χ2v) is 8.06. The maximum atomic E-state index is 12.8. The molecule has 2 aromatic carbocycles. The number of para-hydroxylation sites is 1. The number of hydrogen-bond acceptors (Lipinski definition) is 7. The number of furan rings is 1. The molecule has 1 unspecified atom stereocenters. The lowest BCUT2D eigenvalue weighted by molar-refractivity contribution is 0.0702. The van der Waals surface area contributed by atoms with Crippen molar-refractivity contribution in [1.29, 1.82) is 5.26 Å². The number of allylic oxidation sites excluding steroid dienone is 1. The highest BCUT2D eigenvalue weighted by atomic mass is 32.1. The average molecular weight is 428 g/mol. The van der Waals surface area contributed by atoms with E-state index in [0.29, 0.717) is 22.7 Å². The zero-order valence-electron chi connectivity index (χ0n) is 16.4. The second kappa shape index (κ2) is 7.35. The summed E-state index contributed by atoms with van der Waals surface area (Å²) in [6.45, 7) is 1.82. The highest BCUT2D eigenvalue weighted by molar-refractivity contribution is 7.10. The van der Waals surface area contributed by atoms with Crippen LogP contribution in [0.1, 0.15) is 32.5 Å². The molecule has 1 aliphatic heterocycles. The standard InChI is InChI=1S/C24H16N2O4S/c1-13-15-5-2-3-6-18(15)29-22(13)24(27)28-14-8-9-16-19(11-14)30-23(26)17(12-25)21(16)20-7-4-10-31-20/h2-11,21H,26H2,1H3. The van der Waals surface area contributed by atoms with Crippen LogP contribution in [0.25, 0.3) is 11.0 Å². The van der Waals surface area contributed by atoms with Gasteiger partial charge in [0.05, 0.1) is 5.92 Å². The molecule has 6 nitrogen and oxygen atoms in total. The summed E-state index contributed by atoms with van der Waals surface area (Å²) in [5, 5.41) is 12.4. The van der Waals surface area contributed by atoms with Gasteiger partial charge in [-0.1, -0.05) is 30.3 Å². The normalized spacial score (nSPS) is 15.3. The van der Waals surface area contributed by atoms with Gasteiger partial charge >= 0.3 is 5.97 Å². The molecule has 2 aromatic heterocycles. The number of benzene rings is 2. The maximum Gasteiger partial charge on any atom is 0.379 e. The maximum absolute atomic E-state index is 12.8. The van der Waals surface area contributed by atoms with E-state index in [-0.39, 0.29) is 17.6 Å². The van der Waals surface area contributed by atoms with E-state index in [0.717, 1.165) is 21.4 Å². The monoisotopic (exact) mass is 428 g/mol. The minimum atomic E-state index is -0.597. The predicted molar refractivity (Wildman–Crippen MR) is 116 cm³/mol. The van der Waals surface area contributed by atoms with E-state index >= 15 is 0 Å². The summed E-state index contributed by atoms with van der Waals surface area (Å²) in [6, 6.07) is 18.5. The number of thiophene rings is 1. The van der Waals surface area contributed by atoms with Crippen LogP contribution in [0.4, 0.5) is 0 Å². The van der Waals surface area contributed by atoms with Crippen LogP contribution in [0.5, 0.6) is 11.5 Å². The van der Waals surface area contributed by atoms with Crippen LogP contribution in [0.15, 0.2) is 75.9 Å². The van der Waals surface area contributed by atoms with E-state index in [9.17, 15) is 10.1 Å². The molecule has 0 fully saturated rings. The Morgan fingerprint density at radius 1 is 1.19 bits per heavy atom. The highest BCUT2D eigenvalue weighted by Gasteiger charge is 2.32. The van der Waals surface area contributed by atoms with Gasteiger partial charge in [-0.15, -0.1) is 11.3 Å². The molecular formula is C24H16N2O4S. The van der Waals surface area contributed by atoms with Crippen molar-refractivity contribution in [3.05, 3.63) is 93.2 Å². The fourth-order valence-corrected chi connectivity index (χ4v) is 4.62. The number of nitrogens with zero attached hydrogens (tertiary/aromatic N) is 1. The van der Waals surface area contributed by atoms with Gasteiger partial charge in [-0.05, 0) is 30.5 Å². The fraction of sp³-hybridized carbons (Fsp3) is 0.0833. The number of carbonyl (C=O) groups is 1. The van der Waals surface area contributed by atoms with Gasteiger partial charge in [0.25, 0.3) is 0 Å². The first kappa shape index (κ1) is 19.0. The summed E-state index contributed by atoms with van der Waals surface area (Å²) < 4.78 is 16.9. The number of ether oxygens (including phenoxy) is 2. The molecule has 0 saturated heterocycles. The number of hydrogen-bond donors (Lipinski definition) is 1. The Hall–Kier alpha value is -4.02. The van der Waals surface area contributed by atoms with Crippen LogP contribution < -0.4 is 15.2 Å². The zero-order valence-corrected chi connectivity index (χ0v) is 17.2. The first-order chi connectivity index (χ1) is 15.1. The van der Waals surface area contributed by atoms with Gasteiger partial charge in [0.2, 0.25) is 11.6 Å². The van der Waals surface area contributed by atoms with Crippen LogP contribution in [-0.2, 0) is 0 Å². The molecule has 0 amide bonds. The Kier molecular flexibility index (Phi) is 4.50. The molecule has 0 radical (unpaired) electrons. The van der Waals surface area contributed by atoms with Crippen molar-refractivity contribution in [2.24, 2.45) is 5.73 Å². The quantitative estimate of drug-likeness (QED) is 0.354. The molecule has 1 aliphatic rings. The van der Waals surface area contributed by atoms with Crippen LogP contribution >= 0.6 is 11.3 Å². The van der Waals surface area contributed by atoms with E-state index in [4.69, 9.17) is 19.6 Å². The van der Waals surface area contributed by atoms with Crippen molar-refractivity contribution in [2.75, 3.05) is 0 Å². The third-order valence-corrected chi connectivity index (χ3v) is 6.20. The fourth-order valence-electron chi connectivity index (χ4n) is 3.77. The van der Waals surface area contributed by atoms with E-state index in [1.165, 1.54) is 11.3 Å². The van der Waals surface area contributed by atoms with Gasteiger partial charge in [-0.3, -0.25) is 0 Å². The van der Waals surface area contributed by atoms with Crippen LogP contribution in [0.2, 0.25) is 0 Å². The molecule has 4 aromatic rings. The van der Waals surface area contributed by atoms with Crippen molar-refractivity contribution >= 4 is 28.3 Å². The van der Waals surface area contributed by atoms with Gasteiger partial charge in [0.15, 0.2) is 0 Å². The number of esters is 1. The number of rotatable bonds is 3. The molecule has 0 saturated carbocycles. The summed E-state index contributed by atoms with van der Waals surface area (Å²) >= 11 is 1.54. The summed E-state index contributed by atoms with van der Waals surface area (Å²) in [4.78, 5) is 13.7. The topological polar surface area (TPSA) is 98.5 Å². The Bertz CT molecular complexity index is 1390. The van der Waals surface area contributed by atoms with Crippen molar-refractivity contribution in [2.45, 2.75) is 12.8 Å². The molecular weight excluding hydrogens is 412 g/mol. The summed E-state index contributed by atoms with van der Waals surface area (Å²) in [7, 11) is 0. The van der Waals surface area contributed by atoms with Gasteiger partial charge in [0.1, 0.15) is 28.7 Å². The van der Waals surface area contributed by atoms with E-state index in [1.54, 1.807) is 24.3 Å². The molecule has 0 spiro atoms. The lowest BCUT2D eigenvalue weighted by atomic mass is 9.88. The van der Waals surface area contributed by atoms with Gasteiger partial charge in [-0.25, -0.2) is 4.79 Å². The smallest absolute Gasteiger partial charge is 0.379 e.